The van der Waals surface area contributed by atoms with Crippen molar-refractivity contribution in [2.75, 3.05) is 16.7 Å². The average molecular weight is 500 g/mol. The number of aryl methyl sites for hydroxylation is 4. The van der Waals surface area contributed by atoms with Gasteiger partial charge in [-0.3, -0.25) is 9.59 Å². The number of aromatic nitrogens is 1. The Kier molecular flexibility index (Phi) is 6.72. The van der Waals surface area contributed by atoms with Gasteiger partial charge in [-0.25, -0.2) is 17.5 Å². The van der Waals surface area contributed by atoms with Crippen molar-refractivity contribution < 1.29 is 26.9 Å². The quantitative estimate of drug-likeness (QED) is 0.449. The van der Waals surface area contributed by atoms with E-state index in [9.17, 15) is 22.4 Å². The molecule has 32 heavy (non-hydrogen) atoms. The van der Waals surface area contributed by atoms with Gasteiger partial charge < -0.3 is 9.84 Å². The molecule has 0 saturated heterocycles. The fourth-order valence-electron chi connectivity index (χ4n) is 3.04. The number of nitrogens with zero attached hydrogens (tertiary/aromatic N) is 1. The minimum Gasteiger partial charge on any atom is -0.336 e. The van der Waals surface area contributed by atoms with E-state index < -0.39 is 28.4 Å². The van der Waals surface area contributed by atoms with Gasteiger partial charge in [0.2, 0.25) is 0 Å². The summed E-state index contributed by atoms with van der Waals surface area (Å²) in [5, 5.41) is 6.16. The summed E-state index contributed by atoms with van der Waals surface area (Å²) in [6.07, 6.45) is 0. The zero-order chi connectivity index (χ0) is 23.8. The van der Waals surface area contributed by atoms with Crippen molar-refractivity contribution >= 4 is 56.2 Å². The van der Waals surface area contributed by atoms with Gasteiger partial charge in [0, 0.05) is 10.4 Å². The number of nitrogens with one attached hydrogen (secondary N) is 2. The molecule has 3 aromatic rings. The lowest BCUT2D eigenvalue weighted by Crippen LogP contribution is -2.20. The van der Waals surface area contributed by atoms with Gasteiger partial charge in [-0.15, -0.1) is 11.3 Å². The number of rotatable bonds is 7. The summed E-state index contributed by atoms with van der Waals surface area (Å²) in [6.45, 7) is 5.34. The maximum atomic E-state index is 13.1. The van der Waals surface area contributed by atoms with Crippen LogP contribution in [0.3, 0.4) is 0 Å². The molecule has 0 aliphatic rings. The summed E-state index contributed by atoms with van der Waals surface area (Å²) in [6, 6.07) is 4.52. The van der Waals surface area contributed by atoms with Crippen LogP contribution >= 0.6 is 22.9 Å². The average Bonchev–Trinajstić information content (AvgIpc) is 3.27. The first kappa shape index (κ1) is 23.9. The number of sulfonamides is 1. The maximum absolute atomic E-state index is 13.1. The van der Waals surface area contributed by atoms with E-state index in [1.807, 2.05) is 0 Å². The third-order valence-corrected chi connectivity index (χ3v) is 7.45. The third-order valence-electron chi connectivity index (χ3n) is 4.48. The molecule has 3 rings (SSSR count). The number of hydrogen-bond acceptors (Lipinski definition) is 7. The molecule has 2 heterocycles. The van der Waals surface area contributed by atoms with Crippen LogP contribution in [0.15, 0.2) is 27.6 Å². The van der Waals surface area contributed by atoms with Crippen LogP contribution in [0.4, 0.5) is 16.0 Å². The lowest BCUT2D eigenvalue weighted by molar-refractivity contribution is 0.0959. The summed E-state index contributed by atoms with van der Waals surface area (Å²) in [5.41, 5.74) is 1.69. The molecule has 0 bridgehead atoms. The number of halogens is 2. The van der Waals surface area contributed by atoms with Crippen molar-refractivity contribution in [3.63, 3.8) is 0 Å². The largest absolute Gasteiger partial charge is 0.336 e. The first-order valence-corrected chi connectivity index (χ1v) is 11.9. The number of Topliss-reactive ketones (excluding diaryl/α,β-unsaturated/α-hetero) is 1. The van der Waals surface area contributed by atoms with Crippen LogP contribution in [-0.4, -0.2) is 31.9 Å². The zero-order valence-corrected chi connectivity index (χ0v) is 19.9. The molecule has 0 aliphatic heterocycles. The van der Waals surface area contributed by atoms with Crippen molar-refractivity contribution in [2.45, 2.75) is 32.6 Å². The summed E-state index contributed by atoms with van der Waals surface area (Å²) >= 11 is 6.93. The lowest BCUT2D eigenvalue weighted by Gasteiger charge is -2.14. The van der Waals surface area contributed by atoms with Gasteiger partial charge in [-0.2, -0.15) is 0 Å². The second-order valence-corrected chi connectivity index (χ2v) is 10.4. The predicted molar refractivity (Wildman–Crippen MR) is 120 cm³/mol. The van der Waals surface area contributed by atoms with E-state index in [4.69, 9.17) is 16.1 Å². The van der Waals surface area contributed by atoms with E-state index in [2.05, 4.69) is 15.2 Å². The van der Waals surface area contributed by atoms with E-state index in [-0.39, 0.29) is 31.9 Å². The standard InChI is InChI=1S/C20H19ClFN3O5S2/c1-9-5-10(2)17(13(6-9)14(26)8-22)23-19(27)18-15(7-11(3)31-18)32(28,29)25-20-16(21)12(4)24-30-20/h5-7,25H,8H2,1-4H3,(H,23,27). The molecule has 2 aromatic heterocycles. The number of benzene rings is 1. The van der Waals surface area contributed by atoms with E-state index in [0.29, 0.717) is 16.1 Å². The fraction of sp³-hybridized carbons (Fsp3) is 0.250. The van der Waals surface area contributed by atoms with E-state index in [1.54, 1.807) is 26.8 Å². The van der Waals surface area contributed by atoms with Crippen molar-refractivity contribution in [1.82, 2.24) is 5.16 Å². The number of carbonyl (C=O) groups is 2. The Morgan fingerprint density at radius 2 is 1.88 bits per heavy atom. The van der Waals surface area contributed by atoms with Crippen molar-refractivity contribution in [3.05, 3.63) is 55.4 Å². The van der Waals surface area contributed by atoms with Crippen molar-refractivity contribution in [1.29, 1.82) is 0 Å². The molecule has 170 valence electrons. The highest BCUT2D eigenvalue weighted by atomic mass is 35.5. The maximum Gasteiger partial charge on any atom is 0.267 e. The minimum absolute atomic E-state index is 0.00353. The van der Waals surface area contributed by atoms with Crippen LogP contribution in [0, 0.1) is 27.7 Å². The number of carbonyl (C=O) groups excluding carboxylic acids is 2. The normalized spacial score (nSPS) is 11.4. The Bertz CT molecular complexity index is 1330. The predicted octanol–water partition coefficient (Wildman–Crippen LogP) is 4.83. The molecule has 8 nitrogen and oxygen atoms in total. The zero-order valence-electron chi connectivity index (χ0n) is 17.5. The lowest BCUT2D eigenvalue weighted by atomic mass is 10.0. The number of alkyl halides is 1. The Balaban J connectivity index is 2.00. The summed E-state index contributed by atoms with van der Waals surface area (Å²) in [4.78, 5) is 25.3. The van der Waals surface area contributed by atoms with Crippen LogP contribution in [0.5, 0.6) is 0 Å². The molecule has 0 saturated carbocycles. The van der Waals surface area contributed by atoms with Gasteiger partial charge >= 0.3 is 0 Å². The van der Waals surface area contributed by atoms with Crippen LogP contribution in [0.1, 0.15) is 41.7 Å². The topological polar surface area (TPSA) is 118 Å². The number of hydrogen-bond donors (Lipinski definition) is 2. The molecular formula is C20H19ClFN3O5S2. The molecule has 0 aliphatic carbocycles. The highest BCUT2D eigenvalue weighted by molar-refractivity contribution is 7.93. The molecule has 1 amide bonds. The van der Waals surface area contributed by atoms with Crippen LogP contribution in [-0.2, 0) is 10.0 Å². The number of ketones is 1. The van der Waals surface area contributed by atoms with Gasteiger partial charge in [-0.1, -0.05) is 22.8 Å². The Labute approximate surface area is 192 Å². The van der Waals surface area contributed by atoms with Gasteiger partial charge in [0.15, 0.2) is 12.5 Å². The molecule has 0 spiro atoms. The highest BCUT2D eigenvalue weighted by Gasteiger charge is 2.29. The molecular weight excluding hydrogens is 481 g/mol. The molecule has 0 atom stereocenters. The van der Waals surface area contributed by atoms with Crippen LogP contribution in [0.2, 0.25) is 5.02 Å². The third kappa shape index (κ3) is 4.69. The van der Waals surface area contributed by atoms with Crippen LogP contribution in [0.25, 0.3) is 0 Å². The van der Waals surface area contributed by atoms with E-state index in [1.165, 1.54) is 19.1 Å². The number of anilines is 2. The first-order valence-electron chi connectivity index (χ1n) is 9.21. The molecule has 2 N–H and O–H groups in total. The van der Waals surface area contributed by atoms with Gasteiger partial charge in [0.1, 0.15) is 20.5 Å². The Morgan fingerprint density at radius 1 is 1.19 bits per heavy atom. The van der Waals surface area contributed by atoms with Gasteiger partial charge in [0.25, 0.3) is 21.8 Å². The number of amides is 1. The SMILES string of the molecule is Cc1cc(C)c(NC(=O)c2sc(C)cc2S(=O)(=O)Nc2onc(C)c2Cl)c(C(=O)CF)c1. The van der Waals surface area contributed by atoms with Crippen molar-refractivity contribution in [2.24, 2.45) is 0 Å². The molecule has 0 fully saturated rings. The monoisotopic (exact) mass is 499 g/mol. The molecule has 12 heteroatoms. The summed E-state index contributed by atoms with van der Waals surface area (Å²) < 4.78 is 46.1. The Morgan fingerprint density at radius 3 is 2.47 bits per heavy atom. The first-order chi connectivity index (χ1) is 14.9. The minimum atomic E-state index is -4.26. The summed E-state index contributed by atoms with van der Waals surface area (Å²) in [7, 11) is -4.26. The van der Waals surface area contributed by atoms with E-state index >= 15 is 0 Å². The van der Waals surface area contributed by atoms with Crippen molar-refractivity contribution in [3.8, 4) is 0 Å². The van der Waals surface area contributed by atoms with Crippen LogP contribution < -0.4 is 10.0 Å². The van der Waals surface area contributed by atoms with E-state index in [0.717, 1.165) is 16.9 Å². The summed E-state index contributed by atoms with van der Waals surface area (Å²) in [5.74, 6) is -1.83. The fourth-order valence-corrected chi connectivity index (χ4v) is 5.71. The molecule has 0 radical (unpaired) electrons. The highest BCUT2D eigenvalue weighted by Crippen LogP contribution is 2.32. The smallest absolute Gasteiger partial charge is 0.267 e. The number of thiophene rings is 1. The molecule has 0 unspecified atom stereocenters. The molecule has 1 aromatic carbocycles. The Hall–Kier alpha value is -2.76. The second kappa shape index (κ2) is 9.00. The van der Waals surface area contributed by atoms with Gasteiger partial charge in [0.05, 0.1) is 5.69 Å². The van der Waals surface area contributed by atoms with Gasteiger partial charge in [-0.05, 0) is 51.0 Å². The second-order valence-electron chi connectivity index (χ2n) is 7.08.